The average Bonchev–Trinajstić information content (AvgIpc) is 2.96. The minimum atomic E-state index is 0.279. The molecule has 1 aliphatic rings. The maximum absolute atomic E-state index is 3.79. The summed E-state index contributed by atoms with van der Waals surface area (Å²) < 4.78 is 0. The predicted octanol–water partition coefficient (Wildman–Crippen LogP) is 4.16. The number of rotatable bonds is 7. The molecule has 1 aromatic carbocycles. The van der Waals surface area contributed by atoms with Gasteiger partial charge in [-0.1, -0.05) is 57.4 Å². The number of benzene rings is 1. The van der Waals surface area contributed by atoms with E-state index in [0.717, 1.165) is 6.54 Å². The van der Waals surface area contributed by atoms with Crippen molar-refractivity contribution in [1.82, 2.24) is 10.2 Å². The Morgan fingerprint density at radius 3 is 2.48 bits per heavy atom. The number of nitrogens with one attached hydrogen (secondary N) is 1. The molecule has 1 unspecified atom stereocenters. The van der Waals surface area contributed by atoms with Gasteiger partial charge in [0.2, 0.25) is 0 Å². The Balaban J connectivity index is 2.35. The number of hydrogen-bond acceptors (Lipinski definition) is 2. The molecule has 2 heteroatoms. The third kappa shape index (κ3) is 3.49. The summed E-state index contributed by atoms with van der Waals surface area (Å²) in [5.41, 5.74) is 3.23. The molecule has 118 valence electrons. The van der Waals surface area contributed by atoms with Crippen molar-refractivity contribution in [3.05, 3.63) is 35.4 Å². The van der Waals surface area contributed by atoms with E-state index in [1.165, 1.54) is 49.7 Å². The fourth-order valence-corrected chi connectivity index (χ4v) is 4.02. The highest BCUT2D eigenvalue weighted by Gasteiger charge is 2.43. The van der Waals surface area contributed by atoms with Crippen LogP contribution in [0.1, 0.15) is 63.1 Å². The van der Waals surface area contributed by atoms with E-state index in [9.17, 15) is 0 Å². The van der Waals surface area contributed by atoms with Gasteiger partial charge in [0.25, 0.3) is 0 Å². The van der Waals surface area contributed by atoms with E-state index in [0.29, 0.717) is 6.04 Å². The van der Waals surface area contributed by atoms with Gasteiger partial charge in [0.05, 0.1) is 6.04 Å². The van der Waals surface area contributed by atoms with Crippen LogP contribution in [-0.4, -0.2) is 31.1 Å². The van der Waals surface area contributed by atoms with E-state index in [1.54, 1.807) is 0 Å². The van der Waals surface area contributed by atoms with Crippen molar-refractivity contribution >= 4 is 0 Å². The van der Waals surface area contributed by atoms with Crippen molar-refractivity contribution < 1.29 is 0 Å². The van der Waals surface area contributed by atoms with Crippen LogP contribution in [-0.2, 0) is 6.42 Å². The topological polar surface area (TPSA) is 15.3 Å². The second-order valence-corrected chi connectivity index (χ2v) is 6.69. The zero-order chi connectivity index (χ0) is 15.3. The number of nitrogens with zero attached hydrogens (tertiary/aromatic N) is 1. The molecule has 2 nitrogen and oxygen atoms in total. The first kappa shape index (κ1) is 16.5. The van der Waals surface area contributed by atoms with E-state index >= 15 is 0 Å². The lowest BCUT2D eigenvalue weighted by Gasteiger charge is -2.44. The van der Waals surface area contributed by atoms with Gasteiger partial charge in [-0.05, 0) is 51.0 Å². The van der Waals surface area contributed by atoms with Crippen LogP contribution in [0.3, 0.4) is 0 Å². The number of likely N-dealkylation sites (N-methyl/N-ethyl adjacent to an activating group) is 2. The smallest absolute Gasteiger partial charge is 0.0506 e. The molecular weight excluding hydrogens is 256 g/mol. The summed E-state index contributed by atoms with van der Waals surface area (Å²) >= 11 is 0. The van der Waals surface area contributed by atoms with Gasteiger partial charge in [0.15, 0.2) is 0 Å². The molecule has 1 atom stereocenters. The van der Waals surface area contributed by atoms with Crippen LogP contribution in [0.5, 0.6) is 0 Å². The normalized spacial score (nSPS) is 19.1. The summed E-state index contributed by atoms with van der Waals surface area (Å²) in [6, 6.07) is 9.70. The zero-order valence-corrected chi connectivity index (χ0v) is 14.3. The summed E-state index contributed by atoms with van der Waals surface area (Å²) in [6.45, 7) is 5.51. The maximum atomic E-state index is 3.79. The summed E-state index contributed by atoms with van der Waals surface area (Å²) in [6.07, 6.45) is 7.71. The summed E-state index contributed by atoms with van der Waals surface area (Å²) in [7, 11) is 4.51. The molecule has 0 heterocycles. The van der Waals surface area contributed by atoms with Crippen molar-refractivity contribution in [3.63, 3.8) is 0 Å². The number of hydrogen-bond donors (Lipinski definition) is 1. The number of aryl methyl sites for hydroxylation is 1. The van der Waals surface area contributed by atoms with Gasteiger partial charge in [-0.25, -0.2) is 0 Å². The highest BCUT2D eigenvalue weighted by atomic mass is 15.2. The molecule has 1 saturated carbocycles. The van der Waals surface area contributed by atoms with Crippen LogP contribution >= 0.6 is 0 Å². The van der Waals surface area contributed by atoms with E-state index in [1.807, 2.05) is 0 Å². The Morgan fingerprint density at radius 1 is 1.19 bits per heavy atom. The molecule has 0 bridgehead atoms. The predicted molar refractivity (Wildman–Crippen MR) is 91.7 cm³/mol. The Morgan fingerprint density at radius 2 is 1.90 bits per heavy atom. The van der Waals surface area contributed by atoms with Gasteiger partial charge in [-0.3, -0.25) is 0 Å². The minimum absolute atomic E-state index is 0.279. The Kier molecular flexibility index (Phi) is 5.83. The van der Waals surface area contributed by atoms with Crippen LogP contribution in [0.2, 0.25) is 0 Å². The van der Waals surface area contributed by atoms with Gasteiger partial charge < -0.3 is 10.2 Å². The molecule has 0 aromatic heterocycles. The highest BCUT2D eigenvalue weighted by molar-refractivity contribution is 5.29. The zero-order valence-electron chi connectivity index (χ0n) is 14.3. The summed E-state index contributed by atoms with van der Waals surface area (Å²) in [5.74, 6) is 0. The SMILES string of the molecule is CCCc1cccc(C(NCC)C2(N(C)C)CCCC2)c1. The molecule has 0 aliphatic heterocycles. The van der Waals surface area contributed by atoms with E-state index < -0.39 is 0 Å². The summed E-state index contributed by atoms with van der Waals surface area (Å²) in [5, 5.41) is 3.79. The van der Waals surface area contributed by atoms with E-state index in [2.05, 4.69) is 62.4 Å². The second-order valence-electron chi connectivity index (χ2n) is 6.69. The molecule has 0 saturated heterocycles. The van der Waals surface area contributed by atoms with Crippen LogP contribution in [0.25, 0.3) is 0 Å². The van der Waals surface area contributed by atoms with Gasteiger partial charge in [0.1, 0.15) is 0 Å². The lowest BCUT2D eigenvalue weighted by atomic mass is 9.81. The van der Waals surface area contributed by atoms with Gasteiger partial charge in [0, 0.05) is 5.54 Å². The Bertz CT molecular complexity index is 433. The van der Waals surface area contributed by atoms with Gasteiger partial charge in [-0.15, -0.1) is 0 Å². The quantitative estimate of drug-likeness (QED) is 0.810. The van der Waals surface area contributed by atoms with Crippen molar-refractivity contribution in [1.29, 1.82) is 0 Å². The third-order valence-corrected chi connectivity index (χ3v) is 5.13. The maximum Gasteiger partial charge on any atom is 0.0506 e. The first-order valence-corrected chi connectivity index (χ1v) is 8.63. The first-order chi connectivity index (χ1) is 10.1. The fraction of sp³-hybridized carbons (Fsp3) is 0.684. The molecule has 1 aromatic rings. The fourth-order valence-electron chi connectivity index (χ4n) is 4.02. The lowest BCUT2D eigenvalue weighted by Crippen LogP contribution is -2.52. The van der Waals surface area contributed by atoms with Crippen molar-refractivity contribution in [2.75, 3.05) is 20.6 Å². The van der Waals surface area contributed by atoms with Crippen LogP contribution in [0.15, 0.2) is 24.3 Å². The van der Waals surface area contributed by atoms with Crippen molar-refractivity contribution in [2.24, 2.45) is 0 Å². The minimum Gasteiger partial charge on any atom is -0.309 e. The monoisotopic (exact) mass is 288 g/mol. The highest BCUT2D eigenvalue weighted by Crippen LogP contribution is 2.43. The molecule has 0 spiro atoms. The molecule has 0 radical (unpaired) electrons. The molecule has 21 heavy (non-hydrogen) atoms. The largest absolute Gasteiger partial charge is 0.309 e. The van der Waals surface area contributed by atoms with Crippen molar-refractivity contribution in [3.8, 4) is 0 Å². The first-order valence-electron chi connectivity index (χ1n) is 8.63. The van der Waals surface area contributed by atoms with Gasteiger partial charge >= 0.3 is 0 Å². The molecule has 1 aliphatic carbocycles. The molecule has 1 fully saturated rings. The van der Waals surface area contributed by atoms with Crippen LogP contribution in [0.4, 0.5) is 0 Å². The van der Waals surface area contributed by atoms with E-state index in [-0.39, 0.29) is 5.54 Å². The van der Waals surface area contributed by atoms with Crippen LogP contribution < -0.4 is 5.32 Å². The molecule has 1 N–H and O–H groups in total. The third-order valence-electron chi connectivity index (χ3n) is 5.13. The molecule has 2 rings (SSSR count). The molecular formula is C19H32N2. The van der Waals surface area contributed by atoms with E-state index in [4.69, 9.17) is 0 Å². The molecule has 0 amide bonds. The Hall–Kier alpha value is -0.860. The average molecular weight is 288 g/mol. The second kappa shape index (κ2) is 7.42. The standard InChI is InChI=1S/C19H32N2/c1-5-10-16-11-9-12-17(15-16)18(20-6-2)19(21(3)4)13-7-8-14-19/h9,11-12,15,18,20H,5-8,10,13-14H2,1-4H3. The summed E-state index contributed by atoms with van der Waals surface area (Å²) in [4.78, 5) is 2.47. The van der Waals surface area contributed by atoms with Gasteiger partial charge in [-0.2, -0.15) is 0 Å². The van der Waals surface area contributed by atoms with Crippen molar-refractivity contribution in [2.45, 2.75) is 64.0 Å². The Labute approximate surface area is 130 Å². The van der Waals surface area contributed by atoms with Crippen LogP contribution in [0, 0.1) is 0 Å². The lowest BCUT2D eigenvalue weighted by molar-refractivity contribution is 0.105.